The summed E-state index contributed by atoms with van der Waals surface area (Å²) in [4.78, 5) is 29.1. The van der Waals surface area contributed by atoms with Gasteiger partial charge in [0, 0.05) is 25.2 Å². The van der Waals surface area contributed by atoms with Crippen molar-refractivity contribution in [3.63, 3.8) is 0 Å². The highest BCUT2D eigenvalue weighted by Crippen LogP contribution is 2.47. The molecule has 2 aliphatic rings. The third kappa shape index (κ3) is 4.98. The summed E-state index contributed by atoms with van der Waals surface area (Å²) in [5, 5.41) is 21.1. The highest BCUT2D eigenvalue weighted by Gasteiger charge is 2.40. The molecule has 2 saturated carbocycles. The Morgan fingerprint density at radius 3 is 2.44 bits per heavy atom. The van der Waals surface area contributed by atoms with E-state index in [0.29, 0.717) is 34.9 Å². The zero-order valence-corrected chi connectivity index (χ0v) is 23.2. The van der Waals surface area contributed by atoms with Crippen molar-refractivity contribution in [3.05, 3.63) is 105 Å². The summed E-state index contributed by atoms with van der Waals surface area (Å²) in [6.07, 6.45) is 5.75. The van der Waals surface area contributed by atoms with E-state index in [4.69, 9.17) is 0 Å². The summed E-state index contributed by atoms with van der Waals surface area (Å²) in [7, 11) is -2.86. The predicted octanol–water partition coefficient (Wildman–Crippen LogP) is 3.97. The van der Waals surface area contributed by atoms with E-state index in [1.54, 1.807) is 43.6 Å². The molecule has 4 aromatic rings. The zero-order chi connectivity index (χ0) is 28.9. The summed E-state index contributed by atoms with van der Waals surface area (Å²) in [5.41, 5.74) is 0.896. The number of benzene rings is 2. The fourth-order valence-electron chi connectivity index (χ4n) is 5.39. The van der Waals surface area contributed by atoms with Gasteiger partial charge in [0.1, 0.15) is 5.82 Å². The summed E-state index contributed by atoms with van der Waals surface area (Å²) in [6, 6.07) is 17.7. The van der Waals surface area contributed by atoms with Crippen LogP contribution >= 0.6 is 0 Å². The first-order valence-electron chi connectivity index (χ1n) is 13.5. The van der Waals surface area contributed by atoms with Crippen LogP contribution in [0.25, 0.3) is 11.1 Å². The Labute approximate surface area is 236 Å². The van der Waals surface area contributed by atoms with Gasteiger partial charge in [-0.15, -0.1) is 0 Å². The molecule has 0 aliphatic heterocycles. The van der Waals surface area contributed by atoms with Gasteiger partial charge in [-0.25, -0.2) is 8.42 Å². The molecule has 2 fully saturated rings. The van der Waals surface area contributed by atoms with E-state index in [-0.39, 0.29) is 16.4 Å². The van der Waals surface area contributed by atoms with Gasteiger partial charge in [-0.05, 0) is 85.0 Å². The van der Waals surface area contributed by atoms with Gasteiger partial charge in [0.25, 0.3) is 11.1 Å². The van der Waals surface area contributed by atoms with Crippen molar-refractivity contribution in [2.24, 2.45) is 18.9 Å². The third-order valence-corrected chi connectivity index (χ3v) is 9.66. The van der Waals surface area contributed by atoms with Crippen LogP contribution in [0.15, 0.2) is 86.2 Å². The monoisotopic (exact) mass is 568 g/mol. The fraction of sp³-hybridized carbons (Fsp3) is 0.290. The van der Waals surface area contributed by atoms with Crippen LogP contribution in [0.1, 0.15) is 48.7 Å². The second-order valence-corrected chi connectivity index (χ2v) is 12.8. The lowest BCUT2D eigenvalue weighted by atomic mass is 9.99. The first-order valence-corrected chi connectivity index (χ1v) is 15.0. The van der Waals surface area contributed by atoms with Crippen molar-refractivity contribution in [1.82, 2.24) is 14.1 Å². The van der Waals surface area contributed by atoms with E-state index in [0.717, 1.165) is 31.2 Å². The van der Waals surface area contributed by atoms with E-state index in [1.807, 2.05) is 6.07 Å². The maximum absolute atomic E-state index is 13.9. The van der Waals surface area contributed by atoms with Crippen LogP contribution in [0, 0.1) is 23.2 Å². The molecule has 0 saturated heterocycles. The molecule has 208 valence electrons. The van der Waals surface area contributed by atoms with Crippen LogP contribution in [0.5, 0.6) is 5.88 Å². The second-order valence-electron chi connectivity index (χ2n) is 10.9. The van der Waals surface area contributed by atoms with Gasteiger partial charge in [0.05, 0.1) is 22.6 Å². The molecule has 1 atom stereocenters. The molecule has 0 radical (unpaired) electrons. The molecule has 10 heteroatoms. The van der Waals surface area contributed by atoms with Crippen molar-refractivity contribution < 1.29 is 13.5 Å². The number of hydrogen-bond donors (Lipinski definition) is 1. The smallest absolute Gasteiger partial charge is 0.296 e. The number of aryl methyl sites for hydroxylation is 1. The van der Waals surface area contributed by atoms with Crippen LogP contribution in [0.4, 0.5) is 0 Å². The molecule has 0 amide bonds. The molecule has 6 rings (SSSR count). The van der Waals surface area contributed by atoms with Crippen molar-refractivity contribution in [1.29, 1.82) is 5.26 Å². The number of nitrogens with zero attached hydrogens (tertiary/aromatic N) is 4. The van der Waals surface area contributed by atoms with Gasteiger partial charge < -0.3 is 9.67 Å². The Morgan fingerprint density at radius 2 is 1.78 bits per heavy atom. The summed E-state index contributed by atoms with van der Waals surface area (Å²) in [5.74, 6) is 0.128. The minimum atomic E-state index is -4.48. The van der Waals surface area contributed by atoms with Gasteiger partial charge in [-0.2, -0.15) is 10.2 Å². The molecular formula is C31H28N4O5S. The molecule has 2 aliphatic carbocycles. The van der Waals surface area contributed by atoms with Gasteiger partial charge in [-0.1, -0.05) is 24.3 Å². The standard InChI is InChI=1S/C31H28N4O5S/c1-34-15-3-6-25(30(34)37)21-11-13-24(14-12-21)41(39,40)28-29(36)33-26(17-19-7-8-19)35(31(28)38)27(22-9-10-22)23-5-2-4-20(16-23)18-32/h2-6,11-16,19,22,27,38H,7-10,17H2,1H3. The van der Waals surface area contributed by atoms with Gasteiger partial charge in [-0.3, -0.25) is 14.2 Å². The number of aromatic nitrogens is 3. The van der Waals surface area contributed by atoms with Gasteiger partial charge in [0.2, 0.25) is 15.7 Å². The van der Waals surface area contributed by atoms with Crippen molar-refractivity contribution >= 4 is 9.84 Å². The van der Waals surface area contributed by atoms with E-state index in [1.165, 1.54) is 33.4 Å². The number of rotatable bonds is 8. The SMILES string of the molecule is Cn1cccc(-c2ccc(S(=O)(=O)c3c(O)n(C(c4cccc(C#N)c4)C4CC4)c(CC4CC4)nc3=O)cc2)c1=O. The summed E-state index contributed by atoms with van der Waals surface area (Å²) >= 11 is 0. The number of hydrogen-bond acceptors (Lipinski definition) is 7. The van der Waals surface area contributed by atoms with Crippen LogP contribution < -0.4 is 11.1 Å². The highest BCUT2D eigenvalue weighted by atomic mass is 32.2. The van der Waals surface area contributed by atoms with Crippen LogP contribution in [0.3, 0.4) is 0 Å². The molecule has 0 bridgehead atoms. The Balaban J connectivity index is 1.49. The van der Waals surface area contributed by atoms with E-state index in [9.17, 15) is 28.4 Å². The van der Waals surface area contributed by atoms with E-state index >= 15 is 0 Å². The molecular weight excluding hydrogens is 540 g/mol. The Hall–Kier alpha value is -4.49. The quantitative estimate of drug-likeness (QED) is 0.340. The van der Waals surface area contributed by atoms with Crippen LogP contribution in [-0.2, 0) is 23.3 Å². The maximum Gasteiger partial charge on any atom is 0.296 e. The predicted molar refractivity (Wildman–Crippen MR) is 151 cm³/mol. The third-order valence-electron chi connectivity index (χ3n) is 7.87. The second kappa shape index (κ2) is 10.2. The molecule has 0 spiro atoms. The average molecular weight is 569 g/mol. The summed E-state index contributed by atoms with van der Waals surface area (Å²) in [6.45, 7) is 0. The lowest BCUT2D eigenvalue weighted by Crippen LogP contribution is -2.28. The molecule has 2 heterocycles. The first kappa shape index (κ1) is 26.7. The average Bonchev–Trinajstić information content (AvgIpc) is 3.89. The lowest BCUT2D eigenvalue weighted by Gasteiger charge is -2.26. The number of sulfone groups is 1. The Kier molecular flexibility index (Phi) is 6.62. The Morgan fingerprint density at radius 1 is 1.05 bits per heavy atom. The van der Waals surface area contributed by atoms with Gasteiger partial charge in [0.15, 0.2) is 4.90 Å². The number of pyridine rings is 1. The molecule has 1 unspecified atom stereocenters. The van der Waals surface area contributed by atoms with Crippen molar-refractivity contribution in [2.45, 2.75) is 47.9 Å². The minimum Gasteiger partial charge on any atom is -0.493 e. The van der Waals surface area contributed by atoms with Crippen molar-refractivity contribution in [2.75, 3.05) is 0 Å². The maximum atomic E-state index is 13.9. The lowest BCUT2D eigenvalue weighted by molar-refractivity contribution is 0.347. The number of aromatic hydroxyl groups is 1. The number of nitriles is 1. The largest absolute Gasteiger partial charge is 0.493 e. The fourth-order valence-corrected chi connectivity index (χ4v) is 6.73. The molecule has 1 N–H and O–H groups in total. The highest BCUT2D eigenvalue weighted by molar-refractivity contribution is 7.91. The van der Waals surface area contributed by atoms with E-state index in [2.05, 4.69) is 11.1 Å². The first-order chi connectivity index (χ1) is 19.7. The van der Waals surface area contributed by atoms with Crippen molar-refractivity contribution in [3.8, 4) is 23.1 Å². The topological polar surface area (TPSA) is 135 Å². The zero-order valence-electron chi connectivity index (χ0n) is 22.4. The normalized spacial score (nSPS) is 15.8. The molecule has 9 nitrogen and oxygen atoms in total. The van der Waals surface area contributed by atoms with E-state index < -0.39 is 32.2 Å². The van der Waals surface area contributed by atoms with Gasteiger partial charge >= 0.3 is 0 Å². The molecule has 2 aromatic heterocycles. The molecule has 41 heavy (non-hydrogen) atoms. The minimum absolute atomic E-state index is 0.0976. The van der Waals surface area contributed by atoms with Crippen LogP contribution in [-0.4, -0.2) is 27.6 Å². The summed E-state index contributed by atoms with van der Waals surface area (Å²) < 4.78 is 30.7. The Bertz CT molecular complexity index is 1930. The molecule has 2 aromatic carbocycles. The van der Waals surface area contributed by atoms with Crippen LogP contribution in [0.2, 0.25) is 0 Å².